The second-order valence-corrected chi connectivity index (χ2v) is 6.20. The van der Waals surface area contributed by atoms with E-state index in [0.29, 0.717) is 20.9 Å². The first-order chi connectivity index (χ1) is 7.33. The summed E-state index contributed by atoms with van der Waals surface area (Å²) in [5.41, 5.74) is 0.577. The molecule has 0 aliphatic rings. The third kappa shape index (κ3) is 4.22. The van der Waals surface area contributed by atoms with E-state index in [9.17, 15) is 8.42 Å². The van der Waals surface area contributed by atoms with Gasteiger partial charge in [0.25, 0.3) is 10.1 Å². The molecule has 90 valence electrons. The highest BCUT2D eigenvalue weighted by Gasteiger charge is 2.19. The van der Waals surface area contributed by atoms with Gasteiger partial charge in [-0.05, 0) is 12.1 Å². The molecule has 0 N–H and O–H groups in total. The summed E-state index contributed by atoms with van der Waals surface area (Å²) in [6, 6.07) is 4.81. The maximum atomic E-state index is 11.0. The second kappa shape index (κ2) is 5.69. The molecule has 1 atom stereocenters. The van der Waals surface area contributed by atoms with E-state index in [0.717, 1.165) is 6.26 Å². The van der Waals surface area contributed by atoms with Crippen LogP contribution >= 0.6 is 39.1 Å². The molecule has 16 heavy (non-hydrogen) atoms. The monoisotopic (exact) mass is 346 g/mol. The number of halogens is 3. The third-order valence-electron chi connectivity index (χ3n) is 1.74. The Bertz CT molecular complexity index is 476. The van der Waals surface area contributed by atoms with Crippen molar-refractivity contribution in [3.05, 3.63) is 33.8 Å². The first-order valence-electron chi connectivity index (χ1n) is 4.22. The number of benzene rings is 1. The highest BCUT2D eigenvalue weighted by molar-refractivity contribution is 9.09. The standard InChI is InChI=1S/C9H9BrCl2O3S/c1-16(13,14)15-9(5-10)7-3-2-6(11)4-8(7)12/h2-4,9H,5H2,1H3/t9-/m1/s1. The van der Waals surface area contributed by atoms with Crippen LogP contribution in [0.5, 0.6) is 0 Å². The molecule has 3 nitrogen and oxygen atoms in total. The van der Waals surface area contributed by atoms with Crippen molar-refractivity contribution >= 4 is 49.2 Å². The van der Waals surface area contributed by atoms with E-state index in [2.05, 4.69) is 15.9 Å². The maximum absolute atomic E-state index is 11.0. The van der Waals surface area contributed by atoms with Gasteiger partial charge in [-0.2, -0.15) is 8.42 Å². The van der Waals surface area contributed by atoms with Gasteiger partial charge in [0, 0.05) is 20.9 Å². The zero-order valence-corrected chi connectivity index (χ0v) is 12.2. The van der Waals surface area contributed by atoms with Crippen LogP contribution in [-0.2, 0) is 14.3 Å². The molecule has 0 saturated heterocycles. The van der Waals surface area contributed by atoms with Gasteiger partial charge >= 0.3 is 0 Å². The van der Waals surface area contributed by atoms with Crippen LogP contribution in [0.3, 0.4) is 0 Å². The fourth-order valence-corrected chi connectivity index (χ4v) is 2.91. The van der Waals surface area contributed by atoms with Crippen molar-refractivity contribution in [3.63, 3.8) is 0 Å². The predicted molar refractivity (Wildman–Crippen MR) is 68.9 cm³/mol. The van der Waals surface area contributed by atoms with Gasteiger partial charge < -0.3 is 0 Å². The minimum atomic E-state index is -3.53. The first-order valence-corrected chi connectivity index (χ1v) is 7.92. The van der Waals surface area contributed by atoms with Gasteiger partial charge in [-0.3, -0.25) is 4.18 Å². The molecule has 0 fully saturated rings. The van der Waals surface area contributed by atoms with Crippen LogP contribution in [0.2, 0.25) is 10.0 Å². The van der Waals surface area contributed by atoms with Crippen molar-refractivity contribution in [2.75, 3.05) is 11.6 Å². The van der Waals surface area contributed by atoms with Gasteiger partial charge in [-0.25, -0.2) is 0 Å². The first kappa shape index (κ1) is 14.3. The molecular formula is C9H9BrCl2O3S. The highest BCUT2D eigenvalue weighted by atomic mass is 79.9. The molecule has 0 amide bonds. The summed E-state index contributed by atoms with van der Waals surface area (Å²) in [7, 11) is -3.53. The van der Waals surface area contributed by atoms with Crippen molar-refractivity contribution < 1.29 is 12.6 Å². The predicted octanol–water partition coefficient (Wildman–Crippen LogP) is 3.41. The fourth-order valence-electron chi connectivity index (χ4n) is 1.13. The zero-order chi connectivity index (χ0) is 12.3. The molecular weight excluding hydrogens is 339 g/mol. The van der Waals surface area contributed by atoms with Gasteiger partial charge in [0.15, 0.2) is 0 Å². The summed E-state index contributed by atoms with van der Waals surface area (Å²) >= 11 is 14.9. The Balaban J connectivity index is 3.04. The molecule has 0 aliphatic carbocycles. The van der Waals surface area contributed by atoms with Crippen LogP contribution in [0.1, 0.15) is 11.7 Å². The molecule has 0 aromatic heterocycles. The quantitative estimate of drug-likeness (QED) is 0.619. The van der Waals surface area contributed by atoms with E-state index in [4.69, 9.17) is 27.4 Å². The average molecular weight is 348 g/mol. The molecule has 0 spiro atoms. The second-order valence-electron chi connectivity index (χ2n) is 3.11. The van der Waals surface area contributed by atoms with Gasteiger partial charge in [0.05, 0.1) is 6.26 Å². The summed E-state index contributed by atoms with van der Waals surface area (Å²) in [6.45, 7) is 0. The van der Waals surface area contributed by atoms with E-state index in [1.165, 1.54) is 0 Å². The molecule has 1 aromatic carbocycles. The van der Waals surface area contributed by atoms with Crippen molar-refractivity contribution in [2.24, 2.45) is 0 Å². The lowest BCUT2D eigenvalue weighted by atomic mass is 10.1. The maximum Gasteiger partial charge on any atom is 0.265 e. The summed E-state index contributed by atoms with van der Waals surface area (Å²) in [5, 5.41) is 1.18. The average Bonchev–Trinajstić information content (AvgIpc) is 2.13. The Labute approximate surface area is 113 Å². The van der Waals surface area contributed by atoms with Gasteiger partial charge in [-0.1, -0.05) is 45.2 Å². The number of rotatable bonds is 4. The van der Waals surface area contributed by atoms with Gasteiger partial charge in [0.2, 0.25) is 0 Å². The lowest BCUT2D eigenvalue weighted by Crippen LogP contribution is -2.12. The normalized spacial score (nSPS) is 13.8. The van der Waals surface area contributed by atoms with E-state index >= 15 is 0 Å². The van der Waals surface area contributed by atoms with Crippen molar-refractivity contribution in [1.82, 2.24) is 0 Å². The van der Waals surface area contributed by atoms with Crippen LogP contribution in [0.4, 0.5) is 0 Å². The summed E-state index contributed by atoms with van der Waals surface area (Å²) in [6.07, 6.45) is 0.340. The minimum Gasteiger partial charge on any atom is -0.261 e. The Morgan fingerprint density at radius 1 is 1.44 bits per heavy atom. The number of alkyl halides is 1. The Kier molecular flexibility index (Phi) is 5.07. The summed E-state index contributed by atoms with van der Waals surface area (Å²) in [5.74, 6) is 0. The zero-order valence-electron chi connectivity index (χ0n) is 8.28. The Morgan fingerprint density at radius 3 is 2.50 bits per heavy atom. The highest BCUT2D eigenvalue weighted by Crippen LogP contribution is 2.30. The molecule has 0 saturated carbocycles. The number of hydrogen-bond donors (Lipinski definition) is 0. The number of hydrogen-bond acceptors (Lipinski definition) is 3. The van der Waals surface area contributed by atoms with E-state index < -0.39 is 16.2 Å². The van der Waals surface area contributed by atoms with E-state index in [1.54, 1.807) is 18.2 Å². The third-order valence-corrected chi connectivity index (χ3v) is 3.47. The smallest absolute Gasteiger partial charge is 0.261 e. The van der Waals surface area contributed by atoms with E-state index in [-0.39, 0.29) is 0 Å². The lowest BCUT2D eigenvalue weighted by molar-refractivity contribution is 0.242. The molecule has 0 heterocycles. The summed E-state index contributed by atoms with van der Waals surface area (Å²) in [4.78, 5) is 0. The molecule has 0 bridgehead atoms. The van der Waals surface area contributed by atoms with Crippen LogP contribution < -0.4 is 0 Å². The van der Waals surface area contributed by atoms with Crippen molar-refractivity contribution in [3.8, 4) is 0 Å². The van der Waals surface area contributed by atoms with Crippen LogP contribution in [0.25, 0.3) is 0 Å². The molecule has 1 rings (SSSR count). The summed E-state index contributed by atoms with van der Waals surface area (Å²) < 4.78 is 27.0. The molecule has 0 unspecified atom stereocenters. The van der Waals surface area contributed by atoms with Crippen LogP contribution in [0, 0.1) is 0 Å². The van der Waals surface area contributed by atoms with Crippen molar-refractivity contribution in [1.29, 1.82) is 0 Å². The van der Waals surface area contributed by atoms with Gasteiger partial charge in [-0.15, -0.1) is 0 Å². The minimum absolute atomic E-state index is 0.321. The van der Waals surface area contributed by atoms with Crippen LogP contribution in [0.15, 0.2) is 18.2 Å². The Hall–Kier alpha value is 0.190. The van der Waals surface area contributed by atoms with Crippen LogP contribution in [-0.4, -0.2) is 20.0 Å². The SMILES string of the molecule is CS(=O)(=O)O[C@H](CBr)c1ccc(Cl)cc1Cl. The van der Waals surface area contributed by atoms with E-state index in [1.807, 2.05) is 0 Å². The fraction of sp³-hybridized carbons (Fsp3) is 0.333. The molecule has 1 aromatic rings. The largest absolute Gasteiger partial charge is 0.265 e. The Morgan fingerprint density at radius 2 is 2.06 bits per heavy atom. The van der Waals surface area contributed by atoms with Crippen molar-refractivity contribution in [2.45, 2.75) is 6.10 Å². The lowest BCUT2D eigenvalue weighted by Gasteiger charge is -2.15. The topological polar surface area (TPSA) is 43.4 Å². The molecule has 0 radical (unpaired) electrons. The molecule has 7 heteroatoms. The molecule has 0 aliphatic heterocycles. The van der Waals surface area contributed by atoms with Gasteiger partial charge in [0.1, 0.15) is 6.10 Å².